The Labute approximate surface area is 141 Å². The molecule has 6 heteroatoms. The number of para-hydroxylation sites is 1. The molecule has 24 heavy (non-hydrogen) atoms. The van der Waals surface area contributed by atoms with Crippen molar-refractivity contribution in [1.29, 1.82) is 0 Å². The third kappa shape index (κ3) is 3.13. The molecule has 128 valence electrons. The first-order valence-electron chi connectivity index (χ1n) is 8.35. The van der Waals surface area contributed by atoms with Crippen LogP contribution in [0.15, 0.2) is 24.3 Å². The summed E-state index contributed by atoms with van der Waals surface area (Å²) in [6.07, 6.45) is 1.50. The number of likely N-dealkylation sites (tertiary alicyclic amines) is 1. The zero-order valence-corrected chi connectivity index (χ0v) is 13.8. The average molecular weight is 330 g/mol. The van der Waals surface area contributed by atoms with Crippen LogP contribution in [0.25, 0.3) is 0 Å². The van der Waals surface area contributed by atoms with E-state index in [1.54, 1.807) is 9.80 Å². The second-order valence-corrected chi connectivity index (χ2v) is 6.65. The maximum Gasteiger partial charge on any atom is 0.308 e. The normalized spacial score (nSPS) is 24.3. The van der Waals surface area contributed by atoms with E-state index in [1.807, 2.05) is 31.2 Å². The lowest BCUT2D eigenvalue weighted by Crippen LogP contribution is -2.45. The van der Waals surface area contributed by atoms with Gasteiger partial charge in [0.15, 0.2) is 0 Å². The summed E-state index contributed by atoms with van der Waals surface area (Å²) in [4.78, 5) is 39.6. The molecule has 0 unspecified atom stereocenters. The first-order chi connectivity index (χ1) is 11.5. The molecule has 2 aliphatic rings. The number of carbonyl (C=O) groups is 3. The molecule has 0 saturated carbocycles. The minimum absolute atomic E-state index is 0.0468. The number of benzene rings is 1. The lowest BCUT2D eigenvalue weighted by Gasteiger charge is -2.32. The highest BCUT2D eigenvalue weighted by Gasteiger charge is 2.39. The number of hydrogen-bond donors (Lipinski definition) is 1. The van der Waals surface area contributed by atoms with Crippen LogP contribution in [-0.2, 0) is 14.4 Å². The van der Waals surface area contributed by atoms with Crippen molar-refractivity contribution in [2.75, 3.05) is 24.5 Å². The highest BCUT2D eigenvalue weighted by atomic mass is 16.4. The zero-order chi connectivity index (χ0) is 17.3. The van der Waals surface area contributed by atoms with Gasteiger partial charge in [0.25, 0.3) is 0 Å². The van der Waals surface area contributed by atoms with Gasteiger partial charge in [0.2, 0.25) is 11.8 Å². The van der Waals surface area contributed by atoms with Gasteiger partial charge in [-0.3, -0.25) is 14.4 Å². The van der Waals surface area contributed by atoms with Gasteiger partial charge in [0.1, 0.15) is 0 Å². The molecule has 0 aromatic heterocycles. The van der Waals surface area contributed by atoms with Gasteiger partial charge in [-0.25, -0.2) is 0 Å². The monoisotopic (exact) mass is 330 g/mol. The number of amides is 2. The van der Waals surface area contributed by atoms with Crippen LogP contribution < -0.4 is 4.90 Å². The van der Waals surface area contributed by atoms with Crippen LogP contribution in [0.3, 0.4) is 0 Å². The minimum Gasteiger partial charge on any atom is -0.481 e. The number of hydrogen-bond acceptors (Lipinski definition) is 3. The van der Waals surface area contributed by atoms with Crippen LogP contribution in [0.1, 0.15) is 24.8 Å². The van der Waals surface area contributed by atoms with Crippen LogP contribution in [0, 0.1) is 18.8 Å². The Bertz CT molecular complexity index is 673. The highest BCUT2D eigenvalue weighted by molar-refractivity contribution is 6.00. The molecule has 0 radical (unpaired) electrons. The third-order valence-corrected chi connectivity index (χ3v) is 4.96. The van der Waals surface area contributed by atoms with Gasteiger partial charge in [0.05, 0.1) is 11.8 Å². The van der Waals surface area contributed by atoms with Gasteiger partial charge in [-0.2, -0.15) is 0 Å². The Morgan fingerprint density at radius 1 is 1.17 bits per heavy atom. The van der Waals surface area contributed by atoms with E-state index in [4.69, 9.17) is 5.11 Å². The Kier molecular flexibility index (Phi) is 4.55. The predicted octanol–water partition coefficient (Wildman–Crippen LogP) is 1.67. The summed E-state index contributed by atoms with van der Waals surface area (Å²) < 4.78 is 0. The second-order valence-electron chi connectivity index (χ2n) is 6.65. The number of rotatable bonds is 3. The van der Waals surface area contributed by atoms with Crippen molar-refractivity contribution >= 4 is 23.5 Å². The van der Waals surface area contributed by atoms with Gasteiger partial charge in [0, 0.05) is 31.7 Å². The van der Waals surface area contributed by atoms with Crippen LogP contribution in [0.4, 0.5) is 5.69 Å². The number of anilines is 1. The molecule has 2 aliphatic heterocycles. The molecule has 2 saturated heterocycles. The summed E-state index contributed by atoms with van der Waals surface area (Å²) >= 11 is 0. The SMILES string of the molecule is Cc1ccccc1N1C[C@@H](C(=O)N2CCC[C@H](C(=O)O)C2)CC1=O. The summed E-state index contributed by atoms with van der Waals surface area (Å²) in [5, 5.41) is 9.17. The Hall–Kier alpha value is -2.37. The predicted molar refractivity (Wildman–Crippen MR) is 88.6 cm³/mol. The molecule has 3 rings (SSSR count). The van der Waals surface area contributed by atoms with Gasteiger partial charge < -0.3 is 14.9 Å². The fraction of sp³-hybridized carbons (Fsp3) is 0.500. The fourth-order valence-corrected chi connectivity index (χ4v) is 3.61. The average Bonchev–Trinajstić information content (AvgIpc) is 2.96. The number of carbonyl (C=O) groups excluding carboxylic acids is 2. The molecule has 2 amide bonds. The van der Waals surface area contributed by atoms with E-state index in [0.717, 1.165) is 11.3 Å². The Morgan fingerprint density at radius 2 is 1.92 bits per heavy atom. The number of piperidine rings is 1. The summed E-state index contributed by atoms with van der Waals surface area (Å²) in [6.45, 7) is 3.15. The first kappa shape index (κ1) is 16.5. The van der Waals surface area contributed by atoms with Crippen molar-refractivity contribution in [3.8, 4) is 0 Å². The molecule has 6 nitrogen and oxygen atoms in total. The molecular weight excluding hydrogens is 308 g/mol. The van der Waals surface area contributed by atoms with Crippen molar-refractivity contribution in [3.63, 3.8) is 0 Å². The topological polar surface area (TPSA) is 77.9 Å². The number of carboxylic acids is 1. The minimum atomic E-state index is -0.850. The highest BCUT2D eigenvalue weighted by Crippen LogP contribution is 2.29. The Balaban J connectivity index is 1.70. The summed E-state index contributed by atoms with van der Waals surface area (Å²) in [7, 11) is 0. The second kappa shape index (κ2) is 6.63. The van der Waals surface area contributed by atoms with Crippen molar-refractivity contribution < 1.29 is 19.5 Å². The summed E-state index contributed by atoms with van der Waals surface area (Å²) in [6, 6.07) is 7.63. The van der Waals surface area contributed by atoms with Crippen molar-refractivity contribution in [2.24, 2.45) is 11.8 Å². The smallest absolute Gasteiger partial charge is 0.308 e. The fourth-order valence-electron chi connectivity index (χ4n) is 3.61. The van der Waals surface area contributed by atoms with Gasteiger partial charge in [-0.1, -0.05) is 18.2 Å². The van der Waals surface area contributed by atoms with E-state index in [-0.39, 0.29) is 30.7 Å². The standard InChI is InChI=1S/C18H22N2O4/c1-12-5-2-3-7-15(12)20-11-14(9-16(20)21)17(22)19-8-4-6-13(10-19)18(23)24/h2-3,5,7,13-14H,4,6,8-11H2,1H3,(H,23,24)/t13-,14-/m0/s1. The van der Waals surface area contributed by atoms with E-state index in [0.29, 0.717) is 25.9 Å². The zero-order valence-electron chi connectivity index (χ0n) is 13.8. The molecule has 2 atom stereocenters. The number of nitrogens with zero attached hydrogens (tertiary/aromatic N) is 2. The van der Waals surface area contributed by atoms with Gasteiger partial charge in [-0.05, 0) is 31.4 Å². The maximum atomic E-state index is 12.7. The van der Waals surface area contributed by atoms with Crippen molar-refractivity contribution in [2.45, 2.75) is 26.2 Å². The largest absolute Gasteiger partial charge is 0.481 e. The maximum absolute atomic E-state index is 12.7. The van der Waals surface area contributed by atoms with E-state index in [2.05, 4.69) is 0 Å². The molecule has 1 aromatic carbocycles. The molecule has 1 N–H and O–H groups in total. The molecule has 2 heterocycles. The molecular formula is C18H22N2O4. The number of aryl methyl sites for hydroxylation is 1. The number of carboxylic acid groups (broad SMARTS) is 1. The first-order valence-corrected chi connectivity index (χ1v) is 8.35. The van der Waals surface area contributed by atoms with Gasteiger partial charge >= 0.3 is 5.97 Å². The lowest BCUT2D eigenvalue weighted by atomic mass is 9.96. The molecule has 0 bridgehead atoms. The molecule has 1 aromatic rings. The molecule has 2 fully saturated rings. The van der Waals surface area contributed by atoms with Crippen molar-refractivity contribution in [1.82, 2.24) is 4.90 Å². The van der Waals surface area contributed by atoms with E-state index < -0.39 is 11.9 Å². The molecule has 0 spiro atoms. The molecule has 0 aliphatic carbocycles. The van der Waals surface area contributed by atoms with Crippen LogP contribution in [-0.4, -0.2) is 47.4 Å². The van der Waals surface area contributed by atoms with Gasteiger partial charge in [-0.15, -0.1) is 0 Å². The van der Waals surface area contributed by atoms with Crippen LogP contribution in [0.2, 0.25) is 0 Å². The van der Waals surface area contributed by atoms with Crippen LogP contribution >= 0.6 is 0 Å². The quantitative estimate of drug-likeness (QED) is 0.914. The van der Waals surface area contributed by atoms with Crippen LogP contribution in [0.5, 0.6) is 0 Å². The summed E-state index contributed by atoms with van der Waals surface area (Å²) in [5.74, 6) is -1.87. The van der Waals surface area contributed by atoms with E-state index in [9.17, 15) is 14.4 Å². The third-order valence-electron chi connectivity index (χ3n) is 4.96. The van der Waals surface area contributed by atoms with E-state index in [1.165, 1.54) is 0 Å². The lowest BCUT2D eigenvalue weighted by molar-refractivity contribution is -0.146. The van der Waals surface area contributed by atoms with E-state index >= 15 is 0 Å². The Morgan fingerprint density at radius 3 is 2.62 bits per heavy atom. The number of aliphatic carboxylic acids is 1. The summed E-state index contributed by atoms with van der Waals surface area (Å²) in [5.41, 5.74) is 1.85. The van der Waals surface area contributed by atoms with Crippen molar-refractivity contribution in [3.05, 3.63) is 29.8 Å².